The summed E-state index contributed by atoms with van der Waals surface area (Å²) in [4.78, 5) is 13.6. The van der Waals surface area contributed by atoms with Gasteiger partial charge in [0.25, 0.3) is 0 Å². The van der Waals surface area contributed by atoms with E-state index in [1.807, 2.05) is 20.8 Å². The predicted molar refractivity (Wildman–Crippen MR) is 77.3 cm³/mol. The van der Waals surface area contributed by atoms with E-state index in [4.69, 9.17) is 15.2 Å². The van der Waals surface area contributed by atoms with E-state index in [-0.39, 0.29) is 6.54 Å². The zero-order valence-corrected chi connectivity index (χ0v) is 12.6. The number of nitrogens with zero attached hydrogens (tertiary/aromatic N) is 1. The summed E-state index contributed by atoms with van der Waals surface area (Å²) in [6.07, 6.45) is -0.918. The summed E-state index contributed by atoms with van der Waals surface area (Å²) in [5.41, 5.74) is 5.74. The van der Waals surface area contributed by atoms with E-state index < -0.39 is 23.6 Å². The molecule has 0 aromatic heterocycles. The molecule has 0 bridgehead atoms. The third-order valence-electron chi connectivity index (χ3n) is 3.09. The van der Waals surface area contributed by atoms with Crippen molar-refractivity contribution in [3.63, 3.8) is 0 Å². The van der Waals surface area contributed by atoms with Gasteiger partial charge in [-0.05, 0) is 32.9 Å². The number of hydrogen-bond acceptors (Lipinski definition) is 4. The van der Waals surface area contributed by atoms with Crippen molar-refractivity contribution in [2.45, 2.75) is 32.5 Å². The highest BCUT2D eigenvalue weighted by Crippen LogP contribution is 2.26. The fourth-order valence-corrected chi connectivity index (χ4v) is 2.13. The highest BCUT2D eigenvalue weighted by atomic mass is 19.1. The van der Waals surface area contributed by atoms with Crippen molar-refractivity contribution in [1.29, 1.82) is 0 Å². The van der Waals surface area contributed by atoms with Gasteiger partial charge in [0.1, 0.15) is 17.5 Å². The van der Waals surface area contributed by atoms with Gasteiger partial charge in [-0.1, -0.05) is 6.07 Å². The minimum absolute atomic E-state index is 0.260. The van der Waals surface area contributed by atoms with Gasteiger partial charge in [-0.3, -0.25) is 0 Å². The summed E-state index contributed by atoms with van der Waals surface area (Å²) >= 11 is 0. The van der Waals surface area contributed by atoms with Crippen LogP contribution in [0.4, 0.5) is 14.9 Å². The summed E-state index contributed by atoms with van der Waals surface area (Å²) in [5, 5.41) is 0. The molecule has 0 aliphatic carbocycles. The molecule has 1 aromatic rings. The monoisotopic (exact) mass is 296 g/mol. The van der Waals surface area contributed by atoms with Gasteiger partial charge >= 0.3 is 6.09 Å². The predicted octanol–water partition coefficient (Wildman–Crippen LogP) is 2.72. The summed E-state index contributed by atoms with van der Waals surface area (Å²) in [6.45, 7) is 6.46. The van der Waals surface area contributed by atoms with E-state index >= 15 is 0 Å². The van der Waals surface area contributed by atoms with Crippen molar-refractivity contribution in [3.05, 3.63) is 29.6 Å². The van der Waals surface area contributed by atoms with Crippen LogP contribution in [0.25, 0.3) is 0 Å². The molecule has 116 valence electrons. The standard InChI is InChI=1S/C15H21FN2O3/c1-15(2,3)21-14(19)18-6-7-20-13(9-18)11-5-4-10(17)8-12(11)16/h4-5,8,13H,6-7,9,17H2,1-3H3/t13-/m1/s1. The number of benzene rings is 1. The first-order valence-electron chi connectivity index (χ1n) is 6.91. The highest BCUT2D eigenvalue weighted by molar-refractivity contribution is 5.68. The fraction of sp³-hybridized carbons (Fsp3) is 0.533. The van der Waals surface area contributed by atoms with Crippen LogP contribution in [0, 0.1) is 5.82 Å². The molecule has 1 fully saturated rings. The Bertz CT molecular complexity index is 528. The molecule has 2 rings (SSSR count). The molecule has 0 spiro atoms. The van der Waals surface area contributed by atoms with Crippen molar-refractivity contribution < 1.29 is 18.7 Å². The van der Waals surface area contributed by atoms with Crippen LogP contribution in [-0.2, 0) is 9.47 Å². The van der Waals surface area contributed by atoms with Crippen LogP contribution >= 0.6 is 0 Å². The number of nitrogen functional groups attached to an aromatic ring is 1. The second-order valence-electron chi connectivity index (χ2n) is 6.07. The molecule has 1 atom stereocenters. The van der Waals surface area contributed by atoms with Crippen molar-refractivity contribution in [1.82, 2.24) is 4.90 Å². The van der Waals surface area contributed by atoms with Gasteiger partial charge in [-0.2, -0.15) is 0 Å². The zero-order valence-electron chi connectivity index (χ0n) is 12.6. The van der Waals surface area contributed by atoms with Crippen LogP contribution in [0.2, 0.25) is 0 Å². The minimum Gasteiger partial charge on any atom is -0.444 e. The molecule has 6 heteroatoms. The largest absolute Gasteiger partial charge is 0.444 e. The molecule has 1 heterocycles. The lowest BCUT2D eigenvalue weighted by molar-refractivity contribution is -0.0443. The number of anilines is 1. The number of nitrogens with two attached hydrogens (primary N) is 1. The number of rotatable bonds is 1. The fourth-order valence-electron chi connectivity index (χ4n) is 2.13. The van der Waals surface area contributed by atoms with Crippen molar-refractivity contribution in [2.75, 3.05) is 25.4 Å². The number of carbonyl (C=O) groups is 1. The SMILES string of the molecule is CC(C)(C)OC(=O)N1CCO[C@@H](c2ccc(N)cc2F)C1. The second kappa shape index (κ2) is 5.89. The molecule has 1 saturated heterocycles. The van der Waals surface area contributed by atoms with E-state index in [2.05, 4.69) is 0 Å². The lowest BCUT2D eigenvalue weighted by Gasteiger charge is -2.34. The molecular weight excluding hydrogens is 275 g/mol. The molecule has 2 N–H and O–H groups in total. The number of morpholine rings is 1. The van der Waals surface area contributed by atoms with Crippen molar-refractivity contribution >= 4 is 11.8 Å². The van der Waals surface area contributed by atoms with Gasteiger partial charge in [0.2, 0.25) is 0 Å². The third kappa shape index (κ3) is 4.07. The van der Waals surface area contributed by atoms with Crippen LogP contribution in [0.5, 0.6) is 0 Å². The lowest BCUT2D eigenvalue weighted by atomic mass is 10.1. The first-order valence-corrected chi connectivity index (χ1v) is 6.91. The first-order chi connectivity index (χ1) is 9.76. The molecule has 5 nitrogen and oxygen atoms in total. The Hall–Kier alpha value is -1.82. The average Bonchev–Trinajstić information content (AvgIpc) is 2.37. The molecule has 0 radical (unpaired) electrons. The van der Waals surface area contributed by atoms with Gasteiger partial charge in [0, 0.05) is 17.8 Å². The molecular formula is C15H21FN2O3. The number of amides is 1. The van der Waals surface area contributed by atoms with Crippen molar-refractivity contribution in [2.24, 2.45) is 0 Å². The summed E-state index contributed by atoms with van der Waals surface area (Å²) in [7, 11) is 0. The zero-order chi connectivity index (χ0) is 15.6. The lowest BCUT2D eigenvalue weighted by Crippen LogP contribution is -2.44. The Balaban J connectivity index is 2.08. The number of carbonyl (C=O) groups excluding carboxylic acids is 1. The number of ether oxygens (including phenoxy) is 2. The van der Waals surface area contributed by atoms with Crippen LogP contribution < -0.4 is 5.73 Å². The van der Waals surface area contributed by atoms with E-state index in [1.54, 1.807) is 12.1 Å². The molecule has 21 heavy (non-hydrogen) atoms. The highest BCUT2D eigenvalue weighted by Gasteiger charge is 2.30. The maximum absolute atomic E-state index is 13.9. The van der Waals surface area contributed by atoms with Crippen LogP contribution in [0.1, 0.15) is 32.4 Å². The van der Waals surface area contributed by atoms with Gasteiger partial charge in [0.15, 0.2) is 0 Å². The summed E-state index contributed by atoms with van der Waals surface area (Å²) in [6, 6.07) is 4.47. The smallest absolute Gasteiger partial charge is 0.410 e. The van der Waals surface area contributed by atoms with Gasteiger partial charge < -0.3 is 20.1 Å². The van der Waals surface area contributed by atoms with Crippen LogP contribution in [0.15, 0.2) is 18.2 Å². The van der Waals surface area contributed by atoms with Crippen molar-refractivity contribution in [3.8, 4) is 0 Å². The molecule has 1 aromatic carbocycles. The summed E-state index contributed by atoms with van der Waals surface area (Å²) < 4.78 is 24.8. The third-order valence-corrected chi connectivity index (χ3v) is 3.09. The quantitative estimate of drug-likeness (QED) is 0.809. The average molecular weight is 296 g/mol. The molecule has 1 amide bonds. The van der Waals surface area contributed by atoms with Crippen LogP contribution in [0.3, 0.4) is 0 Å². The maximum atomic E-state index is 13.9. The van der Waals surface area contributed by atoms with E-state index in [0.717, 1.165) is 0 Å². The Morgan fingerprint density at radius 2 is 2.19 bits per heavy atom. The maximum Gasteiger partial charge on any atom is 0.410 e. The Morgan fingerprint density at radius 3 is 2.81 bits per heavy atom. The van der Waals surface area contributed by atoms with E-state index in [9.17, 15) is 9.18 Å². The normalized spacial score (nSPS) is 19.4. The van der Waals surface area contributed by atoms with Gasteiger partial charge in [-0.25, -0.2) is 9.18 Å². The number of hydrogen-bond donors (Lipinski definition) is 1. The Morgan fingerprint density at radius 1 is 1.48 bits per heavy atom. The second-order valence-corrected chi connectivity index (χ2v) is 6.07. The van der Waals surface area contributed by atoms with E-state index in [0.29, 0.717) is 24.4 Å². The number of halogens is 1. The first kappa shape index (κ1) is 15.6. The molecule has 1 aliphatic heterocycles. The Kier molecular flexibility index (Phi) is 4.37. The van der Waals surface area contributed by atoms with E-state index in [1.165, 1.54) is 11.0 Å². The van der Waals surface area contributed by atoms with Gasteiger partial charge in [-0.15, -0.1) is 0 Å². The van der Waals surface area contributed by atoms with Crippen LogP contribution in [-0.4, -0.2) is 36.3 Å². The topological polar surface area (TPSA) is 64.8 Å². The van der Waals surface area contributed by atoms with Gasteiger partial charge in [0.05, 0.1) is 13.2 Å². The molecule has 0 saturated carbocycles. The molecule has 1 aliphatic rings. The molecule has 0 unspecified atom stereocenters. The minimum atomic E-state index is -0.558. The Labute approximate surface area is 123 Å². The summed E-state index contributed by atoms with van der Waals surface area (Å²) in [5.74, 6) is -0.425.